The number of carbonyl (C=O) groups excluding carboxylic acids is 3. The Labute approximate surface area is 254 Å². The third-order valence-electron chi connectivity index (χ3n) is 7.23. The maximum absolute atomic E-state index is 13.0. The molecule has 0 radical (unpaired) electrons. The Morgan fingerprint density at radius 2 is 1.14 bits per heavy atom. The molecule has 1 aromatic rings. The second-order valence-corrected chi connectivity index (χ2v) is 11.6. The molecule has 1 atom stereocenters. The van der Waals surface area contributed by atoms with Crippen molar-refractivity contribution in [1.29, 1.82) is 0 Å². The van der Waals surface area contributed by atoms with Gasteiger partial charge in [0.15, 0.2) is 5.96 Å². The number of nitrogens with one attached hydrogen (secondary N) is 3. The van der Waals surface area contributed by atoms with Crippen LogP contribution in [0, 0.1) is 0 Å². The van der Waals surface area contributed by atoms with Crippen molar-refractivity contribution in [2.24, 2.45) is 16.5 Å². The number of hydrogen-bond acceptors (Lipinski definition) is 4. The zero-order chi connectivity index (χ0) is 31.0. The molecule has 9 heteroatoms. The van der Waals surface area contributed by atoms with Gasteiger partial charge >= 0.3 is 0 Å². The number of benzene rings is 1. The van der Waals surface area contributed by atoms with Gasteiger partial charge in [0.2, 0.25) is 5.91 Å². The minimum Gasteiger partial charge on any atom is -0.370 e. The molecule has 0 saturated heterocycles. The van der Waals surface area contributed by atoms with Crippen LogP contribution in [0.3, 0.4) is 0 Å². The standard InChI is InChI=1S/C33H58N6O3/c1-4-5-6-7-8-9-10-11-12-13-14-15-16-17-24-36-32(42)29(19-18-25-37-33(34)35)39-31(41)28-22-20-27(21-23-28)30(40)38-26(2)3/h20-23,26,29H,4-19,24-25H2,1-3H3,(H,36,42)(H,38,40)(H,39,41)(H4,34,35,37)/t29-/m0/s1. The van der Waals surface area contributed by atoms with Crippen LogP contribution in [-0.2, 0) is 4.79 Å². The molecule has 1 rings (SSSR count). The molecule has 0 aliphatic heterocycles. The average molecular weight is 587 g/mol. The molecule has 0 fully saturated rings. The van der Waals surface area contributed by atoms with Crippen LogP contribution >= 0.6 is 0 Å². The molecular weight excluding hydrogens is 528 g/mol. The van der Waals surface area contributed by atoms with Crippen molar-refractivity contribution >= 4 is 23.7 Å². The van der Waals surface area contributed by atoms with Crippen molar-refractivity contribution in [2.75, 3.05) is 13.1 Å². The topological polar surface area (TPSA) is 152 Å². The summed E-state index contributed by atoms with van der Waals surface area (Å²) in [5, 5.41) is 8.65. The molecule has 42 heavy (non-hydrogen) atoms. The number of carbonyl (C=O) groups is 3. The van der Waals surface area contributed by atoms with Crippen LogP contribution in [0.25, 0.3) is 0 Å². The van der Waals surface area contributed by atoms with Crippen LogP contribution in [0.5, 0.6) is 0 Å². The minimum absolute atomic E-state index is 0.000523. The maximum atomic E-state index is 13.0. The third kappa shape index (κ3) is 18.4. The Hall–Kier alpha value is -3.10. The number of rotatable bonds is 24. The summed E-state index contributed by atoms with van der Waals surface area (Å²) in [7, 11) is 0. The van der Waals surface area contributed by atoms with Gasteiger partial charge in [-0.05, 0) is 57.4 Å². The van der Waals surface area contributed by atoms with Crippen LogP contribution in [0.2, 0.25) is 0 Å². The monoisotopic (exact) mass is 586 g/mol. The summed E-state index contributed by atoms with van der Waals surface area (Å²) in [6.45, 7) is 6.99. The highest BCUT2D eigenvalue weighted by Gasteiger charge is 2.21. The first-order chi connectivity index (χ1) is 20.2. The lowest BCUT2D eigenvalue weighted by Gasteiger charge is -2.18. The predicted molar refractivity (Wildman–Crippen MR) is 174 cm³/mol. The van der Waals surface area contributed by atoms with E-state index >= 15 is 0 Å². The van der Waals surface area contributed by atoms with Crippen molar-refractivity contribution in [3.8, 4) is 0 Å². The Morgan fingerprint density at radius 1 is 0.690 bits per heavy atom. The van der Waals surface area contributed by atoms with E-state index in [0.717, 1.165) is 12.8 Å². The Morgan fingerprint density at radius 3 is 1.60 bits per heavy atom. The van der Waals surface area contributed by atoms with E-state index in [-0.39, 0.29) is 29.7 Å². The Kier molecular flexibility index (Phi) is 20.6. The summed E-state index contributed by atoms with van der Waals surface area (Å²) in [5.74, 6) is -0.781. The number of amides is 3. The molecule has 1 aromatic carbocycles. The van der Waals surface area contributed by atoms with Gasteiger partial charge in [-0.25, -0.2) is 0 Å². The largest absolute Gasteiger partial charge is 0.370 e. The molecule has 0 heterocycles. The lowest BCUT2D eigenvalue weighted by molar-refractivity contribution is -0.123. The molecule has 0 spiro atoms. The fourth-order valence-electron chi connectivity index (χ4n) is 4.79. The highest BCUT2D eigenvalue weighted by molar-refractivity contribution is 5.99. The van der Waals surface area contributed by atoms with Crippen LogP contribution in [0.1, 0.15) is 144 Å². The molecule has 0 aromatic heterocycles. The van der Waals surface area contributed by atoms with E-state index in [1.807, 2.05) is 13.8 Å². The molecule has 3 amide bonds. The zero-order valence-electron chi connectivity index (χ0n) is 26.5. The summed E-state index contributed by atoms with van der Waals surface area (Å²) in [6.07, 6.45) is 18.9. The van der Waals surface area contributed by atoms with Gasteiger partial charge in [0, 0.05) is 30.3 Å². The lowest BCUT2D eigenvalue weighted by Crippen LogP contribution is -2.47. The molecule has 9 nitrogen and oxygen atoms in total. The Bertz CT molecular complexity index is 913. The third-order valence-corrected chi connectivity index (χ3v) is 7.23. The highest BCUT2D eigenvalue weighted by Crippen LogP contribution is 2.13. The average Bonchev–Trinajstić information content (AvgIpc) is 2.96. The van der Waals surface area contributed by atoms with E-state index in [9.17, 15) is 14.4 Å². The van der Waals surface area contributed by atoms with E-state index in [1.165, 1.54) is 77.0 Å². The van der Waals surface area contributed by atoms with Crippen LogP contribution in [0.15, 0.2) is 29.3 Å². The number of nitrogens with two attached hydrogens (primary N) is 2. The van der Waals surface area contributed by atoms with Gasteiger partial charge in [-0.15, -0.1) is 0 Å². The van der Waals surface area contributed by atoms with Crippen LogP contribution < -0.4 is 27.4 Å². The summed E-state index contributed by atoms with van der Waals surface area (Å²) < 4.78 is 0. The smallest absolute Gasteiger partial charge is 0.251 e. The summed E-state index contributed by atoms with van der Waals surface area (Å²) in [4.78, 5) is 42.0. The van der Waals surface area contributed by atoms with Gasteiger partial charge in [-0.2, -0.15) is 0 Å². The first-order valence-corrected chi connectivity index (χ1v) is 16.3. The number of guanidine groups is 1. The van der Waals surface area contributed by atoms with E-state index in [4.69, 9.17) is 11.5 Å². The molecule has 0 aliphatic rings. The van der Waals surface area contributed by atoms with Gasteiger partial charge in [0.1, 0.15) is 6.04 Å². The van der Waals surface area contributed by atoms with Gasteiger partial charge in [-0.1, -0.05) is 90.4 Å². The highest BCUT2D eigenvalue weighted by atomic mass is 16.2. The van der Waals surface area contributed by atoms with Crippen molar-refractivity contribution in [3.63, 3.8) is 0 Å². The first-order valence-electron chi connectivity index (χ1n) is 16.3. The number of aliphatic imine (C=N–C) groups is 1. The SMILES string of the molecule is CCCCCCCCCCCCCCCCNC(=O)[C@H](CCCN=C(N)N)NC(=O)c1ccc(C(=O)NC(C)C)cc1. The minimum atomic E-state index is -0.706. The Balaban J connectivity index is 2.39. The molecule has 238 valence electrons. The van der Waals surface area contributed by atoms with E-state index < -0.39 is 6.04 Å². The van der Waals surface area contributed by atoms with Crippen molar-refractivity contribution < 1.29 is 14.4 Å². The van der Waals surface area contributed by atoms with Gasteiger partial charge < -0.3 is 27.4 Å². The fraction of sp³-hybridized carbons (Fsp3) is 0.697. The maximum Gasteiger partial charge on any atom is 0.251 e. The molecule has 0 saturated carbocycles. The summed E-state index contributed by atoms with van der Waals surface area (Å²) in [5.41, 5.74) is 11.7. The summed E-state index contributed by atoms with van der Waals surface area (Å²) in [6, 6.07) is 5.71. The van der Waals surface area contributed by atoms with Crippen molar-refractivity contribution in [2.45, 2.75) is 136 Å². The molecule has 7 N–H and O–H groups in total. The van der Waals surface area contributed by atoms with Gasteiger partial charge in [-0.3, -0.25) is 19.4 Å². The van der Waals surface area contributed by atoms with Gasteiger partial charge in [0.05, 0.1) is 0 Å². The summed E-state index contributed by atoms with van der Waals surface area (Å²) >= 11 is 0. The lowest BCUT2D eigenvalue weighted by atomic mass is 10.0. The van der Waals surface area contributed by atoms with Crippen LogP contribution in [-0.4, -0.2) is 48.9 Å². The van der Waals surface area contributed by atoms with Crippen molar-refractivity contribution in [1.82, 2.24) is 16.0 Å². The van der Waals surface area contributed by atoms with Crippen molar-refractivity contribution in [3.05, 3.63) is 35.4 Å². The van der Waals surface area contributed by atoms with E-state index in [1.54, 1.807) is 24.3 Å². The number of hydrogen-bond donors (Lipinski definition) is 5. The second kappa shape index (κ2) is 23.5. The molecule has 0 aliphatic carbocycles. The predicted octanol–water partition coefficient (Wildman–Crippen LogP) is 5.57. The second-order valence-electron chi connectivity index (χ2n) is 11.6. The molecular formula is C33H58N6O3. The first kappa shape index (κ1) is 36.9. The number of unbranched alkanes of at least 4 members (excludes halogenated alkanes) is 13. The van der Waals surface area contributed by atoms with E-state index in [0.29, 0.717) is 37.1 Å². The van der Waals surface area contributed by atoms with Gasteiger partial charge in [0.25, 0.3) is 11.8 Å². The van der Waals surface area contributed by atoms with E-state index in [2.05, 4.69) is 27.9 Å². The molecule has 0 bridgehead atoms. The van der Waals surface area contributed by atoms with Crippen LogP contribution in [0.4, 0.5) is 0 Å². The molecule has 0 unspecified atom stereocenters. The fourth-order valence-corrected chi connectivity index (χ4v) is 4.79. The normalized spacial score (nSPS) is 11.6. The number of nitrogens with zero attached hydrogens (tertiary/aromatic N) is 1. The quantitative estimate of drug-likeness (QED) is 0.0609. The zero-order valence-corrected chi connectivity index (χ0v) is 26.5.